The van der Waals surface area contributed by atoms with Gasteiger partial charge in [-0.1, -0.05) is 80.5 Å². The summed E-state index contributed by atoms with van der Waals surface area (Å²) in [5.41, 5.74) is 4.30. The Morgan fingerprint density at radius 3 is 1.83 bits per heavy atom. The summed E-state index contributed by atoms with van der Waals surface area (Å²) in [5.74, 6) is 0.195. The van der Waals surface area contributed by atoms with Crippen molar-refractivity contribution in [1.82, 2.24) is 0 Å². The van der Waals surface area contributed by atoms with Gasteiger partial charge in [0, 0.05) is 6.54 Å². The minimum Gasteiger partial charge on any atom is -0.459 e. The van der Waals surface area contributed by atoms with Gasteiger partial charge in [0.05, 0.1) is 12.0 Å². The molecule has 2 rings (SSSR count). The Hall–Kier alpha value is -2.29. The highest BCUT2D eigenvalue weighted by Crippen LogP contribution is 2.43. The maximum absolute atomic E-state index is 13.4. The van der Waals surface area contributed by atoms with E-state index in [0.29, 0.717) is 12.3 Å². The zero-order valence-electron chi connectivity index (χ0n) is 19.6. The third-order valence-electron chi connectivity index (χ3n) is 5.15. The van der Waals surface area contributed by atoms with Crippen molar-refractivity contribution >= 4 is 11.6 Å². The number of hydrogen-bond acceptors (Lipinski definition) is 2. The van der Waals surface area contributed by atoms with Gasteiger partial charge in [0.2, 0.25) is 0 Å². The van der Waals surface area contributed by atoms with Gasteiger partial charge >= 0.3 is 0 Å². The van der Waals surface area contributed by atoms with Gasteiger partial charge in [0.15, 0.2) is 5.76 Å². The average molecular weight is 396 g/mol. The molecule has 0 aliphatic heterocycles. The summed E-state index contributed by atoms with van der Waals surface area (Å²) in [6.45, 7) is 24.2. The normalized spacial score (nSPS) is 12.7. The Balaban J connectivity index is 2.91. The molecular weight excluding hydrogens is 358 g/mol. The van der Waals surface area contributed by atoms with Crippen molar-refractivity contribution in [3.05, 3.63) is 65.6 Å². The topological polar surface area (TPSA) is 33.5 Å². The van der Waals surface area contributed by atoms with Gasteiger partial charge in [-0.25, -0.2) is 0 Å². The molecule has 0 aliphatic rings. The standard InChI is InChI=1S/C26H37NO2/c1-11-14-27(23(28)21-13-12-15-29-21)22-19(25(5,6)7)16-18(24(2,3)4)17-20(22)26(8,9)10/h11-13,15-17H,1,14H2,2-10H3. The third kappa shape index (κ3) is 5.01. The SMILES string of the molecule is C=CCN(C(=O)c1ccco1)c1c(C(C)(C)C)cc(C(C)(C)C)cc1C(C)(C)C. The Labute approximate surface area is 176 Å². The van der Waals surface area contributed by atoms with Crippen molar-refractivity contribution in [1.29, 1.82) is 0 Å². The highest BCUT2D eigenvalue weighted by Gasteiger charge is 2.34. The molecule has 0 aliphatic carbocycles. The van der Waals surface area contributed by atoms with Crippen LogP contribution in [0.25, 0.3) is 0 Å². The molecule has 0 atom stereocenters. The first-order chi connectivity index (χ1) is 13.2. The second kappa shape index (κ2) is 7.85. The Morgan fingerprint density at radius 2 is 1.48 bits per heavy atom. The van der Waals surface area contributed by atoms with E-state index in [0.717, 1.165) is 16.8 Å². The summed E-state index contributed by atoms with van der Waals surface area (Å²) in [4.78, 5) is 15.2. The Morgan fingerprint density at radius 1 is 0.966 bits per heavy atom. The molecule has 158 valence electrons. The van der Waals surface area contributed by atoms with Crippen LogP contribution in [0.3, 0.4) is 0 Å². The minimum absolute atomic E-state index is 0.00676. The summed E-state index contributed by atoms with van der Waals surface area (Å²) >= 11 is 0. The second-order valence-corrected chi connectivity index (χ2v) is 10.9. The first-order valence-corrected chi connectivity index (χ1v) is 10.3. The van der Waals surface area contributed by atoms with Crippen LogP contribution in [-0.2, 0) is 16.2 Å². The minimum atomic E-state index is -0.144. The van der Waals surface area contributed by atoms with Crippen molar-refractivity contribution < 1.29 is 9.21 Å². The molecule has 2 aromatic rings. The van der Waals surface area contributed by atoms with E-state index < -0.39 is 0 Å². The van der Waals surface area contributed by atoms with Crippen molar-refractivity contribution in [3.63, 3.8) is 0 Å². The highest BCUT2D eigenvalue weighted by molar-refractivity contribution is 6.05. The van der Waals surface area contributed by atoms with Crippen molar-refractivity contribution in [2.45, 2.75) is 78.6 Å². The number of amides is 1. The van der Waals surface area contributed by atoms with Crippen LogP contribution in [0.2, 0.25) is 0 Å². The molecule has 1 heterocycles. The van der Waals surface area contributed by atoms with E-state index in [-0.39, 0.29) is 22.2 Å². The first-order valence-electron chi connectivity index (χ1n) is 10.3. The Kier molecular flexibility index (Phi) is 6.23. The van der Waals surface area contributed by atoms with Gasteiger partial charge in [0.25, 0.3) is 5.91 Å². The van der Waals surface area contributed by atoms with Crippen LogP contribution in [0.5, 0.6) is 0 Å². The molecule has 0 radical (unpaired) electrons. The number of rotatable bonds is 4. The van der Waals surface area contributed by atoms with Gasteiger partial charge in [-0.15, -0.1) is 6.58 Å². The molecule has 0 saturated heterocycles. The lowest BCUT2D eigenvalue weighted by molar-refractivity contribution is 0.0962. The van der Waals surface area contributed by atoms with Gasteiger partial charge in [-0.2, -0.15) is 0 Å². The molecule has 0 N–H and O–H groups in total. The zero-order valence-corrected chi connectivity index (χ0v) is 19.6. The van der Waals surface area contributed by atoms with Crippen LogP contribution in [0, 0.1) is 0 Å². The maximum atomic E-state index is 13.4. The van der Waals surface area contributed by atoms with E-state index in [4.69, 9.17) is 4.42 Å². The lowest BCUT2D eigenvalue weighted by Crippen LogP contribution is -2.36. The largest absolute Gasteiger partial charge is 0.459 e. The summed E-state index contributed by atoms with van der Waals surface area (Å²) < 4.78 is 5.45. The molecule has 0 fully saturated rings. The fourth-order valence-corrected chi connectivity index (χ4v) is 3.44. The van der Waals surface area contributed by atoms with Gasteiger partial charge in [0.1, 0.15) is 0 Å². The molecular formula is C26H37NO2. The van der Waals surface area contributed by atoms with Gasteiger partial charge in [-0.05, 0) is 45.1 Å². The number of carbonyl (C=O) groups is 1. The number of anilines is 1. The fourth-order valence-electron chi connectivity index (χ4n) is 3.44. The number of furan rings is 1. The smallest absolute Gasteiger partial charge is 0.294 e. The number of carbonyl (C=O) groups excluding carboxylic acids is 1. The molecule has 29 heavy (non-hydrogen) atoms. The van der Waals surface area contributed by atoms with Crippen LogP contribution in [0.1, 0.15) is 89.6 Å². The summed E-state index contributed by atoms with van der Waals surface area (Å²) in [5, 5.41) is 0. The molecule has 3 nitrogen and oxygen atoms in total. The van der Waals surface area contributed by atoms with E-state index in [1.807, 2.05) is 4.90 Å². The van der Waals surface area contributed by atoms with Crippen molar-refractivity contribution in [2.75, 3.05) is 11.4 Å². The van der Waals surface area contributed by atoms with Gasteiger partial charge in [-0.3, -0.25) is 4.79 Å². The molecule has 3 heteroatoms. The summed E-state index contributed by atoms with van der Waals surface area (Å²) in [7, 11) is 0. The third-order valence-corrected chi connectivity index (χ3v) is 5.15. The number of hydrogen-bond donors (Lipinski definition) is 0. The Bertz CT molecular complexity index is 834. The zero-order chi connectivity index (χ0) is 22.2. The molecule has 0 unspecified atom stereocenters. The van der Waals surface area contributed by atoms with E-state index in [1.165, 1.54) is 11.8 Å². The first kappa shape index (κ1) is 23.0. The molecule has 1 aromatic heterocycles. The molecule has 1 aromatic carbocycles. The van der Waals surface area contributed by atoms with Crippen LogP contribution in [0.4, 0.5) is 5.69 Å². The average Bonchev–Trinajstić information content (AvgIpc) is 3.10. The molecule has 1 amide bonds. The predicted octanol–water partition coefficient (Wildman–Crippen LogP) is 7.00. The molecule has 0 bridgehead atoms. The van der Waals surface area contributed by atoms with E-state index in [9.17, 15) is 4.79 Å². The lowest BCUT2D eigenvalue weighted by atomic mass is 9.73. The van der Waals surface area contributed by atoms with E-state index in [1.54, 1.807) is 18.2 Å². The predicted molar refractivity (Wildman–Crippen MR) is 123 cm³/mol. The highest BCUT2D eigenvalue weighted by atomic mass is 16.3. The van der Waals surface area contributed by atoms with Crippen LogP contribution in [-0.4, -0.2) is 12.5 Å². The second-order valence-electron chi connectivity index (χ2n) is 10.9. The van der Waals surface area contributed by atoms with Crippen molar-refractivity contribution in [2.24, 2.45) is 0 Å². The van der Waals surface area contributed by atoms with Crippen molar-refractivity contribution in [3.8, 4) is 0 Å². The number of benzene rings is 1. The maximum Gasteiger partial charge on any atom is 0.294 e. The summed E-state index contributed by atoms with van der Waals surface area (Å²) in [6.07, 6.45) is 3.31. The monoisotopic (exact) mass is 395 g/mol. The fraction of sp³-hybridized carbons (Fsp3) is 0.500. The van der Waals surface area contributed by atoms with Crippen LogP contribution in [0.15, 0.2) is 47.6 Å². The van der Waals surface area contributed by atoms with Crippen LogP contribution >= 0.6 is 0 Å². The quantitative estimate of drug-likeness (QED) is 0.522. The molecule has 0 spiro atoms. The van der Waals surface area contributed by atoms with Gasteiger partial charge < -0.3 is 9.32 Å². The van der Waals surface area contributed by atoms with Crippen LogP contribution < -0.4 is 4.90 Å². The van der Waals surface area contributed by atoms with E-state index >= 15 is 0 Å². The molecule has 0 saturated carbocycles. The summed E-state index contributed by atoms with van der Waals surface area (Å²) in [6, 6.07) is 8.01. The lowest BCUT2D eigenvalue weighted by Gasteiger charge is -2.37. The van der Waals surface area contributed by atoms with E-state index in [2.05, 4.69) is 81.0 Å². The number of nitrogens with zero attached hydrogens (tertiary/aromatic N) is 1.